The molecule has 1 saturated heterocycles. The van der Waals surface area contributed by atoms with Crippen LogP contribution in [0.15, 0.2) is 17.5 Å². The summed E-state index contributed by atoms with van der Waals surface area (Å²) >= 11 is 1.60. The lowest BCUT2D eigenvalue weighted by Crippen LogP contribution is -2.58. The highest BCUT2D eigenvalue weighted by Gasteiger charge is 2.32. The number of hydrogen-bond donors (Lipinski definition) is 1. The number of nitrogens with one attached hydrogen (secondary N) is 1. The average molecular weight is 266 g/mol. The van der Waals surface area contributed by atoms with E-state index in [0.29, 0.717) is 12.8 Å². The number of rotatable bonds is 3. The second kappa shape index (κ2) is 5.30. The first-order valence-electron chi connectivity index (χ1n) is 5.73. The summed E-state index contributed by atoms with van der Waals surface area (Å²) in [7, 11) is 0. The van der Waals surface area contributed by atoms with Crippen molar-refractivity contribution in [2.24, 2.45) is 0 Å². The summed E-state index contributed by atoms with van der Waals surface area (Å²) < 4.78 is 0. The molecule has 5 nitrogen and oxygen atoms in total. The van der Waals surface area contributed by atoms with Crippen LogP contribution in [0.3, 0.4) is 0 Å². The first-order valence-corrected chi connectivity index (χ1v) is 6.61. The van der Waals surface area contributed by atoms with Crippen molar-refractivity contribution in [3.05, 3.63) is 22.4 Å². The van der Waals surface area contributed by atoms with Crippen LogP contribution in [0.4, 0.5) is 0 Å². The van der Waals surface area contributed by atoms with E-state index < -0.39 is 17.9 Å². The van der Waals surface area contributed by atoms with Gasteiger partial charge >= 0.3 is 0 Å². The molecule has 96 valence electrons. The fourth-order valence-corrected chi connectivity index (χ4v) is 2.56. The minimum Gasteiger partial charge on any atom is -0.322 e. The topological polar surface area (TPSA) is 66.5 Å². The second-order valence-corrected chi connectivity index (χ2v) is 5.22. The van der Waals surface area contributed by atoms with Gasteiger partial charge in [-0.15, -0.1) is 11.3 Å². The molecule has 1 aromatic rings. The Kier molecular flexibility index (Phi) is 3.76. The third-order valence-electron chi connectivity index (χ3n) is 2.91. The van der Waals surface area contributed by atoms with Crippen molar-refractivity contribution in [3.63, 3.8) is 0 Å². The molecule has 1 unspecified atom stereocenters. The zero-order chi connectivity index (χ0) is 13.1. The molecule has 1 aliphatic heterocycles. The van der Waals surface area contributed by atoms with Gasteiger partial charge in [-0.2, -0.15) is 0 Å². The molecule has 0 bridgehead atoms. The minimum atomic E-state index is -0.571. The van der Waals surface area contributed by atoms with E-state index in [-0.39, 0.29) is 12.5 Å². The second-order valence-electron chi connectivity index (χ2n) is 4.19. The number of carbonyl (C=O) groups excluding carboxylic acids is 3. The SMILES string of the molecule is CC1C(=O)NC(=O)CN1C(=O)CCc1cccs1. The van der Waals surface area contributed by atoms with Crippen LogP contribution in [0.25, 0.3) is 0 Å². The van der Waals surface area contributed by atoms with E-state index in [1.807, 2.05) is 17.5 Å². The number of hydrogen-bond acceptors (Lipinski definition) is 4. The van der Waals surface area contributed by atoms with Gasteiger partial charge in [0.05, 0.1) is 0 Å². The molecule has 1 aromatic heterocycles. The molecular weight excluding hydrogens is 252 g/mol. The lowest BCUT2D eigenvalue weighted by Gasteiger charge is -2.31. The molecule has 0 aromatic carbocycles. The van der Waals surface area contributed by atoms with Gasteiger partial charge in [0.1, 0.15) is 12.6 Å². The van der Waals surface area contributed by atoms with Crippen molar-refractivity contribution in [2.75, 3.05) is 6.54 Å². The van der Waals surface area contributed by atoms with E-state index in [0.717, 1.165) is 4.88 Å². The Balaban J connectivity index is 1.95. The fourth-order valence-electron chi connectivity index (χ4n) is 1.85. The Morgan fingerprint density at radius 3 is 3.00 bits per heavy atom. The molecule has 2 rings (SSSR count). The predicted octanol–water partition coefficient (Wildman–Crippen LogP) is 0.554. The molecular formula is C12H14N2O3S. The van der Waals surface area contributed by atoms with Crippen molar-refractivity contribution in [1.82, 2.24) is 10.2 Å². The van der Waals surface area contributed by atoms with Gasteiger partial charge in [0.25, 0.3) is 0 Å². The maximum Gasteiger partial charge on any atom is 0.249 e. The summed E-state index contributed by atoms with van der Waals surface area (Å²) in [4.78, 5) is 37.1. The van der Waals surface area contributed by atoms with E-state index in [9.17, 15) is 14.4 Å². The lowest BCUT2D eigenvalue weighted by atomic mass is 10.1. The molecule has 0 saturated carbocycles. The van der Waals surface area contributed by atoms with E-state index in [2.05, 4.69) is 5.32 Å². The summed E-state index contributed by atoms with van der Waals surface area (Å²) in [6.45, 7) is 1.60. The molecule has 6 heteroatoms. The molecule has 0 radical (unpaired) electrons. The van der Waals surface area contributed by atoms with E-state index >= 15 is 0 Å². The highest BCUT2D eigenvalue weighted by molar-refractivity contribution is 7.09. The average Bonchev–Trinajstić information content (AvgIpc) is 2.83. The number of aryl methyl sites for hydroxylation is 1. The zero-order valence-corrected chi connectivity index (χ0v) is 10.8. The van der Waals surface area contributed by atoms with Crippen LogP contribution in [-0.2, 0) is 20.8 Å². The van der Waals surface area contributed by atoms with Crippen LogP contribution in [-0.4, -0.2) is 35.2 Å². The summed E-state index contributed by atoms with van der Waals surface area (Å²) in [5, 5.41) is 4.17. The molecule has 1 aliphatic rings. The largest absolute Gasteiger partial charge is 0.322 e. The quantitative estimate of drug-likeness (QED) is 0.813. The van der Waals surface area contributed by atoms with Gasteiger partial charge in [-0.05, 0) is 24.8 Å². The Labute approximate surface area is 109 Å². The van der Waals surface area contributed by atoms with Crippen molar-refractivity contribution in [1.29, 1.82) is 0 Å². The standard InChI is InChI=1S/C12H14N2O3S/c1-8-12(17)13-10(15)7-14(8)11(16)5-4-9-3-2-6-18-9/h2-3,6,8H,4-5,7H2,1H3,(H,13,15,17). The normalized spacial score (nSPS) is 19.8. The molecule has 2 heterocycles. The number of nitrogens with zero attached hydrogens (tertiary/aromatic N) is 1. The highest BCUT2D eigenvalue weighted by atomic mass is 32.1. The Hall–Kier alpha value is -1.69. The van der Waals surface area contributed by atoms with Crippen molar-refractivity contribution in [3.8, 4) is 0 Å². The monoisotopic (exact) mass is 266 g/mol. The van der Waals surface area contributed by atoms with Gasteiger partial charge in [-0.25, -0.2) is 0 Å². The lowest BCUT2D eigenvalue weighted by molar-refractivity contribution is -0.149. The molecule has 0 aliphatic carbocycles. The number of carbonyl (C=O) groups is 3. The van der Waals surface area contributed by atoms with Gasteiger partial charge in [-0.1, -0.05) is 6.07 Å². The first-order chi connectivity index (χ1) is 8.58. The van der Waals surface area contributed by atoms with Crippen LogP contribution < -0.4 is 5.32 Å². The van der Waals surface area contributed by atoms with E-state index in [1.54, 1.807) is 18.3 Å². The molecule has 1 fully saturated rings. The summed E-state index contributed by atoms with van der Waals surface area (Å²) in [5.41, 5.74) is 0. The van der Waals surface area contributed by atoms with Gasteiger partial charge in [0.2, 0.25) is 17.7 Å². The van der Waals surface area contributed by atoms with Crippen molar-refractivity contribution in [2.45, 2.75) is 25.8 Å². The van der Waals surface area contributed by atoms with E-state index in [1.165, 1.54) is 4.90 Å². The summed E-state index contributed by atoms with van der Waals surface area (Å²) in [6, 6.07) is 3.33. The fraction of sp³-hybridized carbons (Fsp3) is 0.417. The van der Waals surface area contributed by atoms with Crippen LogP contribution >= 0.6 is 11.3 Å². The predicted molar refractivity (Wildman–Crippen MR) is 67.0 cm³/mol. The highest BCUT2D eigenvalue weighted by Crippen LogP contribution is 2.13. The number of amides is 3. The van der Waals surface area contributed by atoms with Crippen LogP contribution in [0.5, 0.6) is 0 Å². The maximum absolute atomic E-state index is 12.0. The minimum absolute atomic E-state index is 0.0316. The number of piperazine rings is 1. The molecule has 1 atom stereocenters. The third kappa shape index (κ3) is 2.76. The van der Waals surface area contributed by atoms with Gasteiger partial charge in [0, 0.05) is 11.3 Å². The number of thiophene rings is 1. The Bertz CT molecular complexity index is 470. The van der Waals surface area contributed by atoms with Crippen molar-refractivity contribution >= 4 is 29.1 Å². The zero-order valence-electron chi connectivity index (χ0n) is 10.0. The molecule has 1 N–H and O–H groups in total. The summed E-state index contributed by atoms with van der Waals surface area (Å²) in [6.07, 6.45) is 0.973. The molecule has 0 spiro atoms. The molecule has 3 amide bonds. The van der Waals surface area contributed by atoms with Gasteiger partial charge < -0.3 is 4.90 Å². The van der Waals surface area contributed by atoms with E-state index in [4.69, 9.17) is 0 Å². The maximum atomic E-state index is 12.0. The van der Waals surface area contributed by atoms with Crippen LogP contribution in [0, 0.1) is 0 Å². The smallest absolute Gasteiger partial charge is 0.249 e. The Morgan fingerprint density at radius 1 is 1.56 bits per heavy atom. The third-order valence-corrected chi connectivity index (χ3v) is 3.85. The van der Waals surface area contributed by atoms with Gasteiger partial charge in [0.15, 0.2) is 0 Å². The molecule has 18 heavy (non-hydrogen) atoms. The van der Waals surface area contributed by atoms with Crippen LogP contribution in [0.1, 0.15) is 18.2 Å². The first kappa shape index (κ1) is 12.8. The van der Waals surface area contributed by atoms with Gasteiger partial charge in [-0.3, -0.25) is 19.7 Å². The Morgan fingerprint density at radius 2 is 2.33 bits per heavy atom. The summed E-state index contributed by atoms with van der Waals surface area (Å²) in [5.74, 6) is -0.975. The van der Waals surface area contributed by atoms with Crippen LogP contribution in [0.2, 0.25) is 0 Å². The van der Waals surface area contributed by atoms with Crippen molar-refractivity contribution < 1.29 is 14.4 Å². The number of imide groups is 1.